The van der Waals surface area contributed by atoms with Gasteiger partial charge in [0.15, 0.2) is 0 Å². The highest BCUT2D eigenvalue weighted by molar-refractivity contribution is 6.01. The zero-order valence-electron chi connectivity index (χ0n) is 15.4. The molecule has 0 aromatic heterocycles. The second-order valence-electron chi connectivity index (χ2n) is 6.52. The van der Waals surface area contributed by atoms with Crippen LogP contribution in [0.1, 0.15) is 35.7 Å². The maximum atomic E-state index is 13.1. The van der Waals surface area contributed by atoms with Crippen molar-refractivity contribution in [1.29, 1.82) is 5.26 Å². The van der Waals surface area contributed by atoms with Crippen LogP contribution in [0.4, 0.5) is 0 Å². The first-order chi connectivity index (χ1) is 13.2. The predicted molar refractivity (Wildman–Crippen MR) is 102 cm³/mol. The van der Waals surface area contributed by atoms with Gasteiger partial charge in [-0.3, -0.25) is 9.59 Å². The van der Waals surface area contributed by atoms with Crippen LogP contribution in [-0.2, 0) is 9.53 Å². The molecule has 3 rings (SSSR count). The molecule has 1 heterocycles. The van der Waals surface area contributed by atoms with Crippen LogP contribution >= 0.6 is 0 Å². The van der Waals surface area contributed by atoms with Crippen LogP contribution in [0.3, 0.4) is 0 Å². The van der Waals surface area contributed by atoms with E-state index >= 15 is 0 Å². The number of nitrogens with zero attached hydrogens (tertiary/aromatic N) is 2. The molecule has 0 saturated carbocycles. The van der Waals surface area contributed by atoms with Crippen LogP contribution in [0.2, 0.25) is 0 Å². The van der Waals surface area contributed by atoms with Gasteiger partial charge < -0.3 is 9.64 Å². The molecule has 1 fully saturated rings. The van der Waals surface area contributed by atoms with E-state index in [-0.39, 0.29) is 17.8 Å². The highest BCUT2D eigenvalue weighted by Crippen LogP contribution is 2.29. The Bertz CT molecular complexity index is 877. The van der Waals surface area contributed by atoms with Gasteiger partial charge in [-0.25, -0.2) is 0 Å². The van der Waals surface area contributed by atoms with E-state index in [2.05, 4.69) is 6.07 Å². The summed E-state index contributed by atoms with van der Waals surface area (Å²) < 4.78 is 5.09. The van der Waals surface area contributed by atoms with E-state index in [1.54, 1.807) is 24.0 Å². The van der Waals surface area contributed by atoms with Crippen molar-refractivity contribution in [3.63, 3.8) is 0 Å². The number of nitriles is 1. The predicted octanol–water partition coefficient (Wildman–Crippen LogP) is 3.64. The summed E-state index contributed by atoms with van der Waals surface area (Å²) >= 11 is 0. The second-order valence-corrected chi connectivity index (χ2v) is 6.52. The molecule has 1 amide bonds. The Balaban J connectivity index is 1.81. The minimum absolute atomic E-state index is 0.0688. The van der Waals surface area contributed by atoms with E-state index in [9.17, 15) is 14.9 Å². The number of esters is 1. The number of amides is 1. The van der Waals surface area contributed by atoms with Gasteiger partial charge in [0.2, 0.25) is 0 Å². The molecule has 1 saturated heterocycles. The standard InChI is InChI=1S/C22H22N2O3/c1-2-27-22(26)16-11-13-24(14-12-16)21(25)20-10-6-5-9-19(20)18-8-4-3-7-17(18)15-23/h3-10,16H,2,11-14H2,1H3. The van der Waals surface area contributed by atoms with Crippen LogP contribution in [0.15, 0.2) is 48.5 Å². The molecule has 0 N–H and O–H groups in total. The zero-order valence-corrected chi connectivity index (χ0v) is 15.4. The highest BCUT2D eigenvalue weighted by Gasteiger charge is 2.29. The summed E-state index contributed by atoms with van der Waals surface area (Å²) in [5.74, 6) is -0.378. The Morgan fingerprint density at radius 3 is 2.37 bits per heavy atom. The van der Waals surface area contributed by atoms with Crippen LogP contribution in [0, 0.1) is 17.2 Å². The van der Waals surface area contributed by atoms with Crippen molar-refractivity contribution in [2.45, 2.75) is 19.8 Å². The average Bonchev–Trinajstić information content (AvgIpc) is 2.73. The van der Waals surface area contributed by atoms with Gasteiger partial charge in [-0.2, -0.15) is 5.26 Å². The second kappa shape index (κ2) is 8.50. The average molecular weight is 362 g/mol. The molecule has 138 valence electrons. The summed E-state index contributed by atoms with van der Waals surface area (Å²) in [5, 5.41) is 9.39. The van der Waals surface area contributed by atoms with Crippen LogP contribution in [0.5, 0.6) is 0 Å². The molecule has 0 aliphatic carbocycles. The topological polar surface area (TPSA) is 70.4 Å². The Morgan fingerprint density at radius 1 is 1.07 bits per heavy atom. The molecule has 0 atom stereocenters. The monoisotopic (exact) mass is 362 g/mol. The van der Waals surface area contributed by atoms with E-state index < -0.39 is 0 Å². The lowest BCUT2D eigenvalue weighted by molar-refractivity contribution is -0.149. The summed E-state index contributed by atoms with van der Waals surface area (Å²) in [6.45, 7) is 3.23. The van der Waals surface area contributed by atoms with E-state index in [0.29, 0.717) is 43.7 Å². The zero-order chi connectivity index (χ0) is 19.2. The first-order valence-electron chi connectivity index (χ1n) is 9.20. The molecule has 1 aliphatic rings. The lowest BCUT2D eigenvalue weighted by Crippen LogP contribution is -2.40. The summed E-state index contributed by atoms with van der Waals surface area (Å²) in [4.78, 5) is 26.8. The van der Waals surface area contributed by atoms with Gasteiger partial charge in [-0.05, 0) is 37.5 Å². The molecule has 5 nitrogen and oxygen atoms in total. The van der Waals surface area contributed by atoms with E-state index in [0.717, 1.165) is 11.1 Å². The van der Waals surface area contributed by atoms with Gasteiger partial charge in [0.05, 0.1) is 24.2 Å². The molecule has 0 bridgehead atoms. The Morgan fingerprint density at radius 2 is 1.70 bits per heavy atom. The molecule has 0 unspecified atom stereocenters. The van der Waals surface area contributed by atoms with Gasteiger partial charge >= 0.3 is 5.97 Å². The first kappa shape index (κ1) is 18.7. The molecular weight excluding hydrogens is 340 g/mol. The SMILES string of the molecule is CCOC(=O)C1CCN(C(=O)c2ccccc2-c2ccccc2C#N)CC1. The minimum atomic E-state index is -0.173. The van der Waals surface area contributed by atoms with Gasteiger partial charge in [-0.1, -0.05) is 36.4 Å². The molecule has 0 radical (unpaired) electrons. The summed E-state index contributed by atoms with van der Waals surface area (Å²) in [6.07, 6.45) is 1.23. The van der Waals surface area contributed by atoms with Gasteiger partial charge in [-0.15, -0.1) is 0 Å². The Labute approximate surface area is 159 Å². The number of hydrogen-bond acceptors (Lipinski definition) is 4. The van der Waals surface area contributed by atoms with Gasteiger partial charge in [0.25, 0.3) is 5.91 Å². The van der Waals surface area contributed by atoms with E-state index in [1.807, 2.05) is 36.4 Å². The molecule has 2 aromatic rings. The van der Waals surface area contributed by atoms with Gasteiger partial charge in [0.1, 0.15) is 0 Å². The third kappa shape index (κ3) is 4.01. The maximum absolute atomic E-state index is 13.1. The van der Waals surface area contributed by atoms with Gasteiger partial charge in [0, 0.05) is 24.2 Å². The van der Waals surface area contributed by atoms with Crippen LogP contribution < -0.4 is 0 Å². The number of ether oxygens (including phenoxy) is 1. The number of hydrogen-bond donors (Lipinski definition) is 0. The highest BCUT2D eigenvalue weighted by atomic mass is 16.5. The first-order valence-corrected chi connectivity index (χ1v) is 9.20. The van der Waals surface area contributed by atoms with Crippen molar-refractivity contribution < 1.29 is 14.3 Å². The van der Waals surface area contributed by atoms with Crippen molar-refractivity contribution in [2.24, 2.45) is 5.92 Å². The smallest absolute Gasteiger partial charge is 0.309 e. The van der Waals surface area contributed by atoms with Crippen LogP contribution in [-0.4, -0.2) is 36.5 Å². The van der Waals surface area contributed by atoms with Crippen molar-refractivity contribution >= 4 is 11.9 Å². The van der Waals surface area contributed by atoms with Crippen molar-refractivity contribution in [3.05, 3.63) is 59.7 Å². The molecule has 0 spiro atoms. The lowest BCUT2D eigenvalue weighted by Gasteiger charge is -2.31. The molecular formula is C22H22N2O3. The van der Waals surface area contributed by atoms with Crippen molar-refractivity contribution in [2.75, 3.05) is 19.7 Å². The van der Waals surface area contributed by atoms with E-state index in [4.69, 9.17) is 4.74 Å². The third-order valence-electron chi connectivity index (χ3n) is 4.90. The van der Waals surface area contributed by atoms with Crippen molar-refractivity contribution in [1.82, 2.24) is 4.90 Å². The fourth-order valence-corrected chi connectivity index (χ4v) is 3.47. The minimum Gasteiger partial charge on any atom is -0.466 e. The molecule has 2 aromatic carbocycles. The number of piperidine rings is 1. The fraction of sp³-hybridized carbons (Fsp3) is 0.318. The van der Waals surface area contributed by atoms with Crippen LogP contribution in [0.25, 0.3) is 11.1 Å². The maximum Gasteiger partial charge on any atom is 0.309 e. The quantitative estimate of drug-likeness (QED) is 0.779. The number of benzene rings is 2. The number of rotatable bonds is 4. The summed E-state index contributed by atoms with van der Waals surface area (Å²) in [6, 6.07) is 16.8. The lowest BCUT2D eigenvalue weighted by atomic mass is 9.93. The summed E-state index contributed by atoms with van der Waals surface area (Å²) in [5.41, 5.74) is 2.63. The Kier molecular flexibility index (Phi) is 5.87. The molecule has 27 heavy (non-hydrogen) atoms. The molecule has 1 aliphatic heterocycles. The molecule has 5 heteroatoms. The fourth-order valence-electron chi connectivity index (χ4n) is 3.47. The Hall–Kier alpha value is -3.13. The van der Waals surface area contributed by atoms with E-state index in [1.165, 1.54) is 0 Å². The largest absolute Gasteiger partial charge is 0.466 e. The van der Waals surface area contributed by atoms with Crippen molar-refractivity contribution in [3.8, 4) is 17.2 Å². The number of carbonyl (C=O) groups is 2. The summed E-state index contributed by atoms with van der Waals surface area (Å²) in [7, 11) is 0. The normalized spacial score (nSPS) is 14.4. The number of carbonyl (C=O) groups excluding carboxylic acids is 2. The third-order valence-corrected chi connectivity index (χ3v) is 4.90. The number of likely N-dealkylation sites (tertiary alicyclic amines) is 1.